The maximum atomic E-state index is 12.7. The molecule has 0 aliphatic carbocycles. The van der Waals surface area contributed by atoms with E-state index in [-0.39, 0.29) is 34.7 Å². The van der Waals surface area contributed by atoms with Gasteiger partial charge in [-0.3, -0.25) is 24.3 Å². The number of nitrogens with zero attached hydrogens (tertiary/aromatic N) is 2. The lowest BCUT2D eigenvalue weighted by atomic mass is 10.0. The van der Waals surface area contributed by atoms with Crippen molar-refractivity contribution in [1.29, 1.82) is 0 Å². The minimum Gasteiger partial charge on any atom is -0.408 e. The molecule has 0 atom stereocenters. The molecule has 3 aromatic carbocycles. The summed E-state index contributed by atoms with van der Waals surface area (Å²) in [7, 11) is 0. The summed E-state index contributed by atoms with van der Waals surface area (Å²) in [6.45, 7) is -0.318. The average molecular weight is 437 g/mol. The molecule has 0 N–H and O–H groups in total. The number of rotatable bonds is 6. The Balaban J connectivity index is 1.64. The first-order valence-corrected chi connectivity index (χ1v) is 9.43. The normalized spacial score (nSPS) is 10.9. The number of benzene rings is 3. The molecule has 0 saturated carbocycles. The van der Waals surface area contributed by atoms with Gasteiger partial charge in [0.15, 0.2) is 17.1 Å². The Bertz CT molecular complexity index is 1400. The van der Waals surface area contributed by atoms with E-state index in [1.165, 1.54) is 42.5 Å². The summed E-state index contributed by atoms with van der Waals surface area (Å²) < 4.78 is 6.37. The average Bonchev–Trinajstić information content (AvgIpc) is 3.07. The molecule has 9 heteroatoms. The maximum Gasteiger partial charge on any atom is 0.420 e. The number of fused-ring (bicyclic) bond motifs is 1. The van der Waals surface area contributed by atoms with Crippen molar-refractivity contribution in [2.75, 3.05) is 0 Å². The van der Waals surface area contributed by atoms with Crippen molar-refractivity contribution in [3.8, 4) is 0 Å². The molecular formula is C22H13ClN2O6. The lowest BCUT2D eigenvalue weighted by molar-refractivity contribution is -0.384. The van der Waals surface area contributed by atoms with Crippen molar-refractivity contribution in [1.82, 2.24) is 4.57 Å². The van der Waals surface area contributed by atoms with E-state index >= 15 is 0 Å². The van der Waals surface area contributed by atoms with E-state index in [0.29, 0.717) is 16.1 Å². The molecular weight excluding hydrogens is 424 g/mol. The number of aromatic nitrogens is 1. The molecule has 0 spiro atoms. The molecule has 0 saturated heterocycles. The second-order valence-electron chi connectivity index (χ2n) is 6.67. The SMILES string of the molecule is O=C(Cn1c(=O)oc2cc(C(=O)c3ccccc3Cl)ccc21)c1ccc([N+](=O)[O-])cc1. The molecule has 0 fully saturated rings. The summed E-state index contributed by atoms with van der Waals surface area (Å²) in [5.74, 6) is -1.51. The third kappa shape index (κ3) is 3.88. The monoisotopic (exact) mass is 436 g/mol. The highest BCUT2D eigenvalue weighted by Crippen LogP contribution is 2.22. The van der Waals surface area contributed by atoms with Crippen LogP contribution in [0.25, 0.3) is 11.1 Å². The van der Waals surface area contributed by atoms with Gasteiger partial charge in [-0.2, -0.15) is 0 Å². The van der Waals surface area contributed by atoms with E-state index in [1.807, 2.05) is 0 Å². The van der Waals surface area contributed by atoms with Gasteiger partial charge in [-0.1, -0.05) is 23.7 Å². The van der Waals surface area contributed by atoms with E-state index in [9.17, 15) is 24.5 Å². The molecule has 0 radical (unpaired) electrons. The van der Waals surface area contributed by atoms with Gasteiger partial charge in [-0.05, 0) is 42.5 Å². The van der Waals surface area contributed by atoms with Crippen molar-refractivity contribution in [2.45, 2.75) is 6.54 Å². The standard InChI is InChI=1S/C22H13ClN2O6/c23-17-4-2-1-3-16(17)21(27)14-7-10-18-20(11-14)31-22(28)24(18)12-19(26)13-5-8-15(9-6-13)25(29)30/h1-11H,12H2. The fourth-order valence-electron chi connectivity index (χ4n) is 3.16. The van der Waals surface area contributed by atoms with Crippen LogP contribution in [-0.4, -0.2) is 21.1 Å². The topological polar surface area (TPSA) is 112 Å². The van der Waals surface area contributed by atoms with Gasteiger partial charge in [-0.25, -0.2) is 4.79 Å². The van der Waals surface area contributed by atoms with Crippen LogP contribution < -0.4 is 5.76 Å². The number of ketones is 2. The molecule has 154 valence electrons. The number of Topliss-reactive ketones (excluding diaryl/α,β-unsaturated/α-hetero) is 1. The number of non-ortho nitro benzene ring substituents is 1. The van der Waals surface area contributed by atoms with Crippen molar-refractivity contribution in [3.05, 3.63) is 109 Å². The first-order valence-electron chi connectivity index (χ1n) is 9.05. The van der Waals surface area contributed by atoms with E-state index in [1.54, 1.807) is 24.3 Å². The summed E-state index contributed by atoms with van der Waals surface area (Å²) >= 11 is 6.09. The minimum atomic E-state index is -0.757. The zero-order valence-corrected chi connectivity index (χ0v) is 16.5. The maximum absolute atomic E-state index is 12.7. The van der Waals surface area contributed by atoms with Gasteiger partial charge in [0.05, 0.1) is 22.0 Å². The van der Waals surface area contributed by atoms with Gasteiger partial charge in [0.25, 0.3) is 5.69 Å². The predicted molar refractivity (Wildman–Crippen MR) is 113 cm³/mol. The molecule has 8 nitrogen and oxygen atoms in total. The Hall–Kier alpha value is -4.04. The Morgan fingerprint density at radius 1 is 1.00 bits per heavy atom. The first-order chi connectivity index (χ1) is 14.8. The molecule has 4 aromatic rings. The quantitative estimate of drug-likeness (QED) is 0.253. The molecule has 0 aliphatic rings. The van der Waals surface area contributed by atoms with Crippen LogP contribution in [0.4, 0.5) is 5.69 Å². The van der Waals surface area contributed by atoms with E-state index < -0.39 is 16.5 Å². The highest BCUT2D eigenvalue weighted by molar-refractivity contribution is 6.35. The zero-order chi connectivity index (χ0) is 22.1. The number of hydrogen-bond acceptors (Lipinski definition) is 6. The van der Waals surface area contributed by atoms with Gasteiger partial charge >= 0.3 is 5.76 Å². The van der Waals surface area contributed by atoms with E-state index in [2.05, 4.69) is 0 Å². The largest absolute Gasteiger partial charge is 0.420 e. The third-order valence-electron chi connectivity index (χ3n) is 4.75. The summed E-state index contributed by atoms with van der Waals surface area (Å²) in [6.07, 6.45) is 0. The summed E-state index contributed by atoms with van der Waals surface area (Å²) in [5, 5.41) is 11.1. The molecule has 4 rings (SSSR count). The number of nitro benzene ring substituents is 1. The summed E-state index contributed by atoms with van der Waals surface area (Å²) in [6, 6.07) is 16.2. The smallest absolute Gasteiger partial charge is 0.408 e. The van der Waals surface area contributed by atoms with Gasteiger partial charge < -0.3 is 4.42 Å². The van der Waals surface area contributed by atoms with Crippen LogP contribution in [0.1, 0.15) is 26.3 Å². The van der Waals surface area contributed by atoms with E-state index in [0.717, 1.165) is 4.57 Å². The van der Waals surface area contributed by atoms with Gasteiger partial charge in [0, 0.05) is 28.8 Å². The highest BCUT2D eigenvalue weighted by Gasteiger charge is 2.18. The molecule has 1 heterocycles. The third-order valence-corrected chi connectivity index (χ3v) is 5.08. The number of nitro groups is 1. The number of carbonyl (C=O) groups excluding carboxylic acids is 2. The Morgan fingerprint density at radius 3 is 2.35 bits per heavy atom. The van der Waals surface area contributed by atoms with Crippen molar-refractivity contribution >= 4 is 40.0 Å². The Kier molecular flexibility index (Phi) is 5.22. The second kappa shape index (κ2) is 8.00. The summed E-state index contributed by atoms with van der Waals surface area (Å²) in [5.41, 5.74) is 1.17. The number of hydrogen-bond donors (Lipinski definition) is 0. The predicted octanol–water partition coefficient (Wildman–Crippen LogP) is 4.27. The van der Waals surface area contributed by atoms with Crippen LogP contribution in [0.5, 0.6) is 0 Å². The Morgan fingerprint density at radius 2 is 1.68 bits per heavy atom. The molecule has 0 unspecified atom stereocenters. The van der Waals surface area contributed by atoms with Crippen LogP contribution in [0.3, 0.4) is 0 Å². The molecule has 0 bridgehead atoms. The van der Waals surface area contributed by atoms with Crippen molar-refractivity contribution in [2.24, 2.45) is 0 Å². The fraction of sp³-hybridized carbons (Fsp3) is 0.0455. The highest BCUT2D eigenvalue weighted by atomic mass is 35.5. The van der Waals surface area contributed by atoms with Gasteiger partial charge in [-0.15, -0.1) is 0 Å². The van der Waals surface area contributed by atoms with Crippen LogP contribution in [0.2, 0.25) is 5.02 Å². The minimum absolute atomic E-state index is 0.141. The molecule has 1 aromatic heterocycles. The molecule has 31 heavy (non-hydrogen) atoms. The van der Waals surface area contributed by atoms with Crippen molar-refractivity contribution in [3.63, 3.8) is 0 Å². The lowest BCUT2D eigenvalue weighted by Gasteiger charge is -2.05. The zero-order valence-electron chi connectivity index (χ0n) is 15.8. The van der Waals surface area contributed by atoms with Crippen molar-refractivity contribution < 1.29 is 18.9 Å². The van der Waals surface area contributed by atoms with E-state index in [4.69, 9.17) is 16.0 Å². The van der Waals surface area contributed by atoms with Crippen LogP contribution in [0, 0.1) is 10.1 Å². The van der Waals surface area contributed by atoms with Crippen LogP contribution >= 0.6 is 11.6 Å². The van der Waals surface area contributed by atoms with Gasteiger partial charge in [0.1, 0.15) is 0 Å². The Labute approximate surface area is 179 Å². The van der Waals surface area contributed by atoms with Gasteiger partial charge in [0.2, 0.25) is 0 Å². The fourth-order valence-corrected chi connectivity index (χ4v) is 3.38. The lowest BCUT2D eigenvalue weighted by Crippen LogP contribution is -2.20. The molecule has 0 amide bonds. The number of halogens is 1. The summed E-state index contributed by atoms with van der Waals surface area (Å²) in [4.78, 5) is 47.8. The first kappa shape index (κ1) is 20.2. The number of carbonyl (C=O) groups is 2. The second-order valence-corrected chi connectivity index (χ2v) is 7.08. The molecule has 0 aliphatic heterocycles. The van der Waals surface area contributed by atoms with Crippen LogP contribution in [-0.2, 0) is 6.54 Å². The van der Waals surface area contributed by atoms with Crippen LogP contribution in [0.15, 0.2) is 75.9 Å². The number of oxazole rings is 1.